The van der Waals surface area contributed by atoms with E-state index in [-0.39, 0.29) is 5.82 Å². The van der Waals surface area contributed by atoms with Gasteiger partial charge in [-0.05, 0) is 74.2 Å². The number of nitrogens with zero attached hydrogens (tertiary/aromatic N) is 4. The number of likely N-dealkylation sites (N-methyl/N-ethyl adjacent to an activating group) is 1. The van der Waals surface area contributed by atoms with Crippen molar-refractivity contribution in [1.29, 1.82) is 0 Å². The Morgan fingerprint density at radius 3 is 2.77 bits per heavy atom. The molecule has 0 spiro atoms. The fourth-order valence-electron chi connectivity index (χ4n) is 5.13. The van der Waals surface area contributed by atoms with E-state index in [0.29, 0.717) is 0 Å². The molecular formula is C26H33FN4. The maximum absolute atomic E-state index is 13.5. The quantitative estimate of drug-likeness (QED) is 0.550. The van der Waals surface area contributed by atoms with Crippen molar-refractivity contribution in [3.8, 4) is 0 Å². The Morgan fingerprint density at radius 2 is 2.00 bits per heavy atom. The molecule has 0 radical (unpaired) electrons. The minimum absolute atomic E-state index is 0.126. The standard InChI is InChI=1S/C26H33FN4/c1-3-31-25-10-7-19(17-30-14-11-20-16-22(27)9-8-21(20)18-30)15-24(25)28-26(31)12-13-29(2)23-5-4-6-23/h7-10,15-16,23H,3-6,11-14,17-18H2,1-2H3. The monoisotopic (exact) mass is 420 g/mol. The van der Waals surface area contributed by atoms with Crippen molar-refractivity contribution in [3.63, 3.8) is 0 Å². The fourth-order valence-corrected chi connectivity index (χ4v) is 5.13. The third-order valence-corrected chi connectivity index (χ3v) is 7.26. The molecule has 164 valence electrons. The molecule has 1 saturated carbocycles. The molecule has 4 nitrogen and oxygen atoms in total. The molecule has 1 aliphatic heterocycles. The van der Waals surface area contributed by atoms with Gasteiger partial charge in [-0.2, -0.15) is 0 Å². The molecule has 5 rings (SSSR count). The predicted octanol–water partition coefficient (Wildman–Crippen LogP) is 4.78. The number of halogens is 1. The van der Waals surface area contributed by atoms with Crippen LogP contribution in [-0.4, -0.2) is 45.5 Å². The number of imidazole rings is 1. The SMILES string of the molecule is CCn1c(CCN(C)C2CCC2)nc2cc(CN3CCc4cc(F)ccc4C3)ccc21. The summed E-state index contributed by atoms with van der Waals surface area (Å²) in [5.41, 5.74) is 6.07. The normalized spacial score (nSPS) is 17.3. The van der Waals surface area contributed by atoms with Gasteiger partial charge in [0.15, 0.2) is 0 Å². The van der Waals surface area contributed by atoms with E-state index >= 15 is 0 Å². The molecule has 0 unspecified atom stereocenters. The highest BCUT2D eigenvalue weighted by atomic mass is 19.1. The summed E-state index contributed by atoms with van der Waals surface area (Å²) in [7, 11) is 2.26. The van der Waals surface area contributed by atoms with Gasteiger partial charge in [-0.25, -0.2) is 9.37 Å². The lowest BCUT2D eigenvalue weighted by molar-refractivity contribution is 0.160. The molecule has 0 saturated heterocycles. The van der Waals surface area contributed by atoms with Gasteiger partial charge in [0.25, 0.3) is 0 Å². The Morgan fingerprint density at radius 1 is 1.13 bits per heavy atom. The lowest BCUT2D eigenvalue weighted by Gasteiger charge is -2.34. The van der Waals surface area contributed by atoms with Crippen LogP contribution in [0.5, 0.6) is 0 Å². The molecule has 1 aromatic heterocycles. The van der Waals surface area contributed by atoms with E-state index in [0.717, 1.165) is 62.7 Å². The van der Waals surface area contributed by atoms with Crippen LogP contribution in [0.3, 0.4) is 0 Å². The molecule has 3 aromatic rings. The van der Waals surface area contributed by atoms with E-state index in [2.05, 4.69) is 46.5 Å². The molecule has 0 amide bonds. The maximum atomic E-state index is 13.5. The van der Waals surface area contributed by atoms with Gasteiger partial charge in [-0.3, -0.25) is 4.90 Å². The molecule has 2 heterocycles. The molecule has 0 N–H and O–H groups in total. The van der Waals surface area contributed by atoms with Gasteiger partial charge < -0.3 is 9.47 Å². The second-order valence-electron chi connectivity index (χ2n) is 9.28. The van der Waals surface area contributed by atoms with Crippen LogP contribution in [0.15, 0.2) is 36.4 Å². The van der Waals surface area contributed by atoms with Crippen molar-refractivity contribution >= 4 is 11.0 Å². The largest absolute Gasteiger partial charge is 0.328 e. The first-order valence-corrected chi connectivity index (χ1v) is 11.8. The molecule has 0 atom stereocenters. The highest BCUT2D eigenvalue weighted by Gasteiger charge is 2.22. The summed E-state index contributed by atoms with van der Waals surface area (Å²) in [6.07, 6.45) is 5.99. The summed E-state index contributed by atoms with van der Waals surface area (Å²) >= 11 is 0. The van der Waals surface area contributed by atoms with Crippen LogP contribution in [0.1, 0.15) is 48.7 Å². The van der Waals surface area contributed by atoms with Crippen molar-refractivity contribution in [2.75, 3.05) is 20.1 Å². The minimum atomic E-state index is -0.126. The minimum Gasteiger partial charge on any atom is -0.328 e. The van der Waals surface area contributed by atoms with Crippen molar-refractivity contribution in [3.05, 3.63) is 64.7 Å². The Labute approximate surface area is 184 Å². The summed E-state index contributed by atoms with van der Waals surface area (Å²) in [4.78, 5) is 9.99. The smallest absolute Gasteiger partial charge is 0.123 e. The zero-order chi connectivity index (χ0) is 21.4. The van der Waals surface area contributed by atoms with E-state index in [1.165, 1.54) is 41.7 Å². The fraction of sp³-hybridized carbons (Fsp3) is 0.500. The van der Waals surface area contributed by atoms with Gasteiger partial charge in [0.2, 0.25) is 0 Å². The van der Waals surface area contributed by atoms with Crippen molar-refractivity contribution in [1.82, 2.24) is 19.4 Å². The number of fused-ring (bicyclic) bond motifs is 2. The average molecular weight is 421 g/mol. The lowest BCUT2D eigenvalue weighted by atomic mass is 9.92. The molecule has 0 bridgehead atoms. The molecule has 1 fully saturated rings. The summed E-state index contributed by atoms with van der Waals surface area (Å²) in [5, 5.41) is 0. The maximum Gasteiger partial charge on any atom is 0.123 e. The van der Waals surface area contributed by atoms with E-state index < -0.39 is 0 Å². The van der Waals surface area contributed by atoms with Gasteiger partial charge in [-0.15, -0.1) is 0 Å². The zero-order valence-corrected chi connectivity index (χ0v) is 18.8. The first-order valence-electron chi connectivity index (χ1n) is 11.8. The highest BCUT2D eigenvalue weighted by molar-refractivity contribution is 5.77. The van der Waals surface area contributed by atoms with Gasteiger partial charge in [0.1, 0.15) is 11.6 Å². The summed E-state index contributed by atoms with van der Waals surface area (Å²) < 4.78 is 15.9. The molecule has 5 heteroatoms. The van der Waals surface area contributed by atoms with Gasteiger partial charge >= 0.3 is 0 Å². The summed E-state index contributed by atoms with van der Waals surface area (Å²) in [6.45, 7) is 7.01. The van der Waals surface area contributed by atoms with Gasteiger partial charge in [0, 0.05) is 45.2 Å². The van der Waals surface area contributed by atoms with Crippen LogP contribution >= 0.6 is 0 Å². The van der Waals surface area contributed by atoms with Crippen LogP contribution in [0.25, 0.3) is 11.0 Å². The first kappa shape index (κ1) is 20.7. The van der Waals surface area contributed by atoms with Gasteiger partial charge in [0.05, 0.1) is 11.0 Å². The number of benzene rings is 2. The highest BCUT2D eigenvalue weighted by Crippen LogP contribution is 2.25. The Kier molecular flexibility index (Phi) is 5.81. The Hall–Kier alpha value is -2.24. The van der Waals surface area contributed by atoms with Crippen molar-refractivity contribution < 1.29 is 4.39 Å². The number of hydrogen-bond donors (Lipinski definition) is 0. The third-order valence-electron chi connectivity index (χ3n) is 7.26. The predicted molar refractivity (Wildman–Crippen MR) is 124 cm³/mol. The van der Waals surface area contributed by atoms with Crippen LogP contribution in [0.4, 0.5) is 4.39 Å². The van der Waals surface area contributed by atoms with Crippen LogP contribution in [-0.2, 0) is 32.5 Å². The summed E-state index contributed by atoms with van der Waals surface area (Å²) in [6, 6.07) is 12.7. The number of aromatic nitrogens is 2. The Balaban J connectivity index is 1.30. The first-order chi connectivity index (χ1) is 15.1. The second-order valence-corrected chi connectivity index (χ2v) is 9.28. The van der Waals surface area contributed by atoms with E-state index in [1.807, 2.05) is 6.07 Å². The van der Waals surface area contributed by atoms with Crippen LogP contribution in [0.2, 0.25) is 0 Å². The van der Waals surface area contributed by atoms with Crippen LogP contribution < -0.4 is 0 Å². The topological polar surface area (TPSA) is 24.3 Å². The lowest BCUT2D eigenvalue weighted by Crippen LogP contribution is -2.38. The number of hydrogen-bond acceptors (Lipinski definition) is 3. The molecule has 2 aliphatic rings. The molecule has 2 aromatic carbocycles. The molecular weight excluding hydrogens is 387 g/mol. The third kappa shape index (κ3) is 4.26. The second kappa shape index (κ2) is 8.71. The number of rotatable bonds is 7. The summed E-state index contributed by atoms with van der Waals surface area (Å²) in [5.74, 6) is 1.08. The number of aryl methyl sites for hydroxylation is 1. The van der Waals surface area contributed by atoms with Crippen molar-refractivity contribution in [2.45, 2.75) is 64.7 Å². The van der Waals surface area contributed by atoms with Crippen molar-refractivity contribution in [2.24, 2.45) is 0 Å². The molecule has 31 heavy (non-hydrogen) atoms. The van der Waals surface area contributed by atoms with Crippen LogP contribution in [0, 0.1) is 5.82 Å². The van der Waals surface area contributed by atoms with E-state index in [4.69, 9.17) is 4.98 Å². The Bertz CT molecular complexity index is 1070. The van der Waals surface area contributed by atoms with Gasteiger partial charge in [-0.1, -0.05) is 18.6 Å². The molecule has 1 aliphatic carbocycles. The average Bonchev–Trinajstić information content (AvgIpc) is 3.07. The van der Waals surface area contributed by atoms with E-state index in [9.17, 15) is 4.39 Å². The van der Waals surface area contributed by atoms with E-state index in [1.54, 1.807) is 12.1 Å². The zero-order valence-electron chi connectivity index (χ0n) is 18.8.